The molecule has 0 bridgehead atoms. The second kappa shape index (κ2) is 28.9. The van der Waals surface area contributed by atoms with Crippen molar-refractivity contribution < 1.29 is 52.3 Å². The molecule has 0 saturated carbocycles. The Morgan fingerprint density at radius 2 is 1.43 bits per heavy atom. The molecule has 75 heavy (non-hydrogen) atoms. The summed E-state index contributed by atoms with van der Waals surface area (Å²) >= 11 is 0. The van der Waals surface area contributed by atoms with Gasteiger partial charge in [-0.2, -0.15) is 0 Å². The molecule has 2 aliphatic heterocycles. The zero-order valence-electron chi connectivity index (χ0n) is 46.0. The van der Waals surface area contributed by atoms with Crippen LogP contribution >= 0.6 is 0 Å². The smallest absolute Gasteiger partial charge is 0.333 e. The third-order valence-corrected chi connectivity index (χ3v) is 14.8. The number of carbonyl (C=O) groups excluding carboxylic acids is 7. The molecule has 2 saturated heterocycles. The van der Waals surface area contributed by atoms with E-state index in [4.69, 9.17) is 18.7 Å². The fourth-order valence-corrected chi connectivity index (χ4v) is 10.8. The number of rotatable bonds is 29. The Kier molecular flexibility index (Phi) is 23.1. The lowest BCUT2D eigenvalue weighted by Crippen LogP contribution is -2.60. The lowest BCUT2D eigenvalue weighted by atomic mass is 9.87. The molecule has 2 N–H and O–H groups in total. The first-order valence-corrected chi connectivity index (χ1v) is 26.7. The van der Waals surface area contributed by atoms with E-state index >= 15 is 0 Å². The number of likely N-dealkylation sites (tertiary alicyclic amines) is 1. The number of ether oxygens (including phenoxy) is 2. The van der Waals surface area contributed by atoms with Gasteiger partial charge in [-0.25, -0.2) is 4.79 Å². The maximum absolute atomic E-state index is 14.6. The van der Waals surface area contributed by atoms with Crippen LogP contribution in [0.25, 0.3) is 11.5 Å². The molecule has 6 amide bonds. The van der Waals surface area contributed by atoms with E-state index in [0.717, 1.165) is 24.0 Å². The number of nitrogens with one attached hydrogen (secondary N) is 2. The molecule has 5 rings (SSSR count). The average Bonchev–Trinajstić information content (AvgIpc) is 4.15. The summed E-state index contributed by atoms with van der Waals surface area (Å²) in [5.74, 6) is -3.49. The van der Waals surface area contributed by atoms with Crippen molar-refractivity contribution in [3.8, 4) is 11.5 Å². The van der Waals surface area contributed by atoms with Crippen LogP contribution in [0.4, 0.5) is 0 Å². The molecule has 0 radical (unpaired) electrons. The number of likely N-dealkylation sites (N-methyl/N-ethyl adjacent to an activating group) is 2. The molecule has 0 spiro atoms. The molecule has 2 aliphatic rings. The van der Waals surface area contributed by atoms with Crippen molar-refractivity contribution in [1.82, 2.24) is 40.6 Å². The third-order valence-electron chi connectivity index (χ3n) is 14.8. The number of hydrogen-bond donors (Lipinski definition) is 2. The minimum Gasteiger partial charge on any atom is -0.418 e. The van der Waals surface area contributed by atoms with Crippen LogP contribution in [0.2, 0.25) is 0 Å². The topological polar surface area (TPSA) is 223 Å². The first-order chi connectivity index (χ1) is 35.8. The zero-order chi connectivity index (χ0) is 54.9. The van der Waals surface area contributed by atoms with Crippen molar-refractivity contribution in [3.63, 3.8) is 0 Å². The zero-order valence-corrected chi connectivity index (χ0v) is 46.0. The summed E-state index contributed by atoms with van der Waals surface area (Å²) in [7, 11) is 6.82. The van der Waals surface area contributed by atoms with Crippen LogP contribution in [0.3, 0.4) is 0 Å². The predicted molar refractivity (Wildman–Crippen MR) is 281 cm³/mol. The first kappa shape index (κ1) is 60.0. The molecule has 19 nitrogen and oxygen atoms in total. The van der Waals surface area contributed by atoms with Crippen molar-refractivity contribution in [2.24, 2.45) is 23.7 Å². The van der Waals surface area contributed by atoms with Crippen LogP contribution in [-0.4, -0.2) is 149 Å². The molecule has 3 aromatic rings. The van der Waals surface area contributed by atoms with Gasteiger partial charge >= 0.3 is 5.97 Å². The molecular formula is C56H82N8O11. The molecule has 19 heteroatoms. The number of methoxy groups -OCH3 is 2. The van der Waals surface area contributed by atoms with Crippen molar-refractivity contribution in [3.05, 3.63) is 72.1 Å². The predicted octanol–water partition coefficient (Wildman–Crippen LogP) is 6.32. The van der Waals surface area contributed by atoms with E-state index in [1.54, 1.807) is 21.1 Å². The largest absolute Gasteiger partial charge is 0.418 e. The molecule has 2 fully saturated rings. The molecule has 412 valence electrons. The van der Waals surface area contributed by atoms with Gasteiger partial charge in [-0.1, -0.05) is 110 Å². The van der Waals surface area contributed by atoms with Gasteiger partial charge in [0.05, 0.1) is 42.7 Å². The van der Waals surface area contributed by atoms with Crippen LogP contribution in [0.1, 0.15) is 130 Å². The van der Waals surface area contributed by atoms with Crippen LogP contribution in [0.15, 0.2) is 65.1 Å². The highest BCUT2D eigenvalue weighted by Gasteiger charge is 2.44. The Hall–Kier alpha value is -5.89. The maximum atomic E-state index is 14.6. The Balaban J connectivity index is 1.22. The van der Waals surface area contributed by atoms with Gasteiger partial charge < -0.3 is 28.9 Å². The van der Waals surface area contributed by atoms with Gasteiger partial charge in [-0.05, 0) is 81.8 Å². The Morgan fingerprint density at radius 1 is 0.800 bits per heavy atom. The summed E-state index contributed by atoms with van der Waals surface area (Å²) in [5.41, 5.74) is 1.73. The molecular weight excluding hydrogens is 961 g/mol. The van der Waals surface area contributed by atoms with Gasteiger partial charge in [0.25, 0.3) is 11.8 Å². The summed E-state index contributed by atoms with van der Waals surface area (Å²) < 4.78 is 18.5. The van der Waals surface area contributed by atoms with Crippen molar-refractivity contribution in [1.29, 1.82) is 0 Å². The number of nitrogens with zero attached hydrogens (tertiary/aromatic N) is 6. The van der Waals surface area contributed by atoms with E-state index in [9.17, 15) is 33.6 Å². The van der Waals surface area contributed by atoms with Gasteiger partial charge in [0.1, 0.15) is 6.04 Å². The van der Waals surface area contributed by atoms with E-state index in [1.165, 1.54) is 0 Å². The Morgan fingerprint density at radius 3 is 2.03 bits per heavy atom. The fraction of sp³-hybridized carbons (Fsp3) is 0.625. The number of hydroxylamine groups is 2. The summed E-state index contributed by atoms with van der Waals surface area (Å²) in [4.78, 5) is 104. The number of amides is 6. The van der Waals surface area contributed by atoms with Gasteiger partial charge in [-0.15, -0.1) is 15.3 Å². The Bertz CT molecular complexity index is 2330. The summed E-state index contributed by atoms with van der Waals surface area (Å²) in [6.45, 7) is 14.6. The van der Waals surface area contributed by atoms with E-state index in [-0.39, 0.29) is 61.1 Å². The Labute approximate surface area is 443 Å². The standard InChI is InChI=1S/C56H82N8O11/c1-12-37(6)50(62(9)49(36(4)5)54(71)58-53(70)48(35(2)3)61(8)31-21-15-20-28-47(68)75-64-44(65)29-30-45(64)66)43(72-10)34-46(67)63-32-22-27-42(63)51(73-11)38(7)52(69)57-41(33-39-23-16-13-17-24-39)56-60-59-55(74-56)40-25-18-14-19-26-40/h13-14,16-19,23-26,35-38,41-43,48-51H,12,15,20-22,27-34H2,1-11H3,(H,57,69)(H,58,70,71)/t37-,38+,41-,42-,43+,48-,49-,50-,51+/m0/s1. The minimum absolute atomic E-state index is 0.00792. The highest BCUT2D eigenvalue weighted by Crippen LogP contribution is 2.32. The van der Waals surface area contributed by atoms with E-state index in [0.29, 0.717) is 56.1 Å². The van der Waals surface area contributed by atoms with Crippen molar-refractivity contribution in [2.45, 2.75) is 162 Å². The number of benzene rings is 2. The number of carbonyl (C=O) groups is 7. The maximum Gasteiger partial charge on any atom is 0.333 e. The van der Waals surface area contributed by atoms with E-state index in [1.807, 2.05) is 117 Å². The summed E-state index contributed by atoms with van der Waals surface area (Å²) in [6.07, 6.45) is 3.04. The van der Waals surface area contributed by atoms with Gasteiger partial charge in [-0.3, -0.25) is 43.9 Å². The third kappa shape index (κ3) is 16.1. The quantitative estimate of drug-likeness (QED) is 0.0574. The van der Waals surface area contributed by atoms with E-state index < -0.39 is 77.9 Å². The van der Waals surface area contributed by atoms with Gasteiger partial charge in [0.15, 0.2) is 0 Å². The van der Waals surface area contributed by atoms with Crippen LogP contribution in [0, 0.1) is 23.7 Å². The number of aromatic nitrogens is 2. The number of imide groups is 2. The monoisotopic (exact) mass is 1040 g/mol. The molecule has 0 aliphatic carbocycles. The van der Waals surface area contributed by atoms with Gasteiger partial charge in [0.2, 0.25) is 35.4 Å². The van der Waals surface area contributed by atoms with Crippen LogP contribution < -0.4 is 10.6 Å². The van der Waals surface area contributed by atoms with Crippen LogP contribution in [0.5, 0.6) is 0 Å². The van der Waals surface area contributed by atoms with Crippen molar-refractivity contribution in [2.75, 3.05) is 41.4 Å². The highest BCUT2D eigenvalue weighted by atomic mass is 16.7. The molecule has 3 heterocycles. The summed E-state index contributed by atoms with van der Waals surface area (Å²) in [6, 6.07) is 16.3. The van der Waals surface area contributed by atoms with Crippen LogP contribution in [-0.2, 0) is 54.3 Å². The lowest BCUT2D eigenvalue weighted by Gasteiger charge is -2.43. The fourth-order valence-electron chi connectivity index (χ4n) is 10.8. The molecule has 1 aromatic heterocycles. The lowest BCUT2D eigenvalue weighted by molar-refractivity contribution is -0.197. The SMILES string of the molecule is CC[C@H](C)[C@@H]([C@@H](CC(=O)N1CCC[C@H]1[C@H](OC)[C@@H](C)C(=O)N[C@@H](Cc1ccccc1)c1nnc(-c2ccccc2)o1)OC)N(C)[C@H](C(=O)NC(=O)[C@H](C(C)C)N(C)CCCCCC(=O)ON1C(=O)CCC1=O)C(C)C. The second-order valence-corrected chi connectivity index (χ2v) is 20.9. The molecule has 2 aromatic carbocycles. The number of unbranched alkanes of at least 4 members (excludes halogenated alkanes) is 2. The van der Waals surface area contributed by atoms with Gasteiger partial charge in [0, 0.05) is 58.1 Å². The second-order valence-electron chi connectivity index (χ2n) is 20.9. The van der Waals surface area contributed by atoms with E-state index in [2.05, 4.69) is 34.7 Å². The molecule has 9 atom stereocenters. The highest BCUT2D eigenvalue weighted by molar-refractivity contribution is 6.01. The minimum atomic E-state index is -0.760. The number of hydrogen-bond acceptors (Lipinski definition) is 15. The molecule has 0 unspecified atom stereocenters. The van der Waals surface area contributed by atoms with Crippen molar-refractivity contribution >= 4 is 41.4 Å². The first-order valence-electron chi connectivity index (χ1n) is 26.7. The normalized spacial score (nSPS) is 18.3. The average molecular weight is 1040 g/mol. The summed E-state index contributed by atoms with van der Waals surface area (Å²) in [5, 5.41) is 15.1.